The van der Waals surface area contributed by atoms with Gasteiger partial charge in [0.25, 0.3) is 0 Å². The first-order valence-electron chi connectivity index (χ1n) is 7.82. The Morgan fingerprint density at radius 2 is 2.18 bits per heavy atom. The lowest BCUT2D eigenvalue weighted by molar-refractivity contribution is -0.139. The molecule has 0 N–H and O–H groups in total. The van der Waals surface area contributed by atoms with Gasteiger partial charge in [0, 0.05) is 31.2 Å². The van der Waals surface area contributed by atoms with Crippen LogP contribution >= 0.6 is 0 Å². The van der Waals surface area contributed by atoms with E-state index < -0.39 is 0 Å². The molecule has 2 heterocycles. The number of likely N-dealkylation sites (N-methyl/N-ethyl adjacent to an activating group) is 2. The predicted octanol–water partition coefficient (Wildman–Crippen LogP) is 2.29. The molecule has 0 bridgehead atoms. The van der Waals surface area contributed by atoms with Crippen LogP contribution in [0.25, 0.3) is 6.08 Å². The Kier molecular flexibility index (Phi) is 3.96. The standard InChI is InChI=1S/C18H24N2O2/c1-19-10-9-18(12-19)13-20(2)16-8-7-14(11-15(16)18)5-4-6-17(21)22-3/h4-5,7-8,11H,6,9-10,12-13H2,1-3H3. The Balaban J connectivity index is 1.86. The molecule has 0 saturated carbocycles. The summed E-state index contributed by atoms with van der Waals surface area (Å²) in [5, 5.41) is 0. The number of hydrogen-bond donors (Lipinski definition) is 0. The van der Waals surface area contributed by atoms with Crippen molar-refractivity contribution in [2.45, 2.75) is 18.3 Å². The molecule has 1 aromatic carbocycles. The van der Waals surface area contributed by atoms with Crippen molar-refractivity contribution in [1.29, 1.82) is 0 Å². The van der Waals surface area contributed by atoms with Crippen molar-refractivity contribution in [3.63, 3.8) is 0 Å². The van der Waals surface area contributed by atoms with E-state index in [2.05, 4.69) is 46.8 Å². The van der Waals surface area contributed by atoms with Gasteiger partial charge < -0.3 is 14.5 Å². The fraction of sp³-hybridized carbons (Fsp3) is 0.500. The SMILES string of the molecule is COC(=O)CC=Cc1ccc2c(c1)C1(CCN(C)C1)CN2C. The first kappa shape index (κ1) is 15.1. The maximum atomic E-state index is 11.2. The molecule has 2 aliphatic rings. The summed E-state index contributed by atoms with van der Waals surface area (Å²) in [5.41, 5.74) is 4.23. The lowest BCUT2D eigenvalue weighted by Crippen LogP contribution is -2.34. The number of likely N-dealkylation sites (tertiary alicyclic amines) is 1. The summed E-state index contributed by atoms with van der Waals surface area (Å²) in [4.78, 5) is 16.0. The summed E-state index contributed by atoms with van der Waals surface area (Å²) >= 11 is 0. The molecule has 1 saturated heterocycles. The van der Waals surface area contributed by atoms with Gasteiger partial charge in [-0.25, -0.2) is 0 Å². The average molecular weight is 300 g/mol. The summed E-state index contributed by atoms with van der Waals surface area (Å²) in [7, 11) is 5.80. The third kappa shape index (κ3) is 2.63. The largest absolute Gasteiger partial charge is 0.469 e. The highest BCUT2D eigenvalue weighted by molar-refractivity contribution is 5.73. The Morgan fingerprint density at radius 1 is 1.36 bits per heavy atom. The number of nitrogens with zero attached hydrogens (tertiary/aromatic N) is 2. The van der Waals surface area contributed by atoms with Crippen LogP contribution < -0.4 is 4.90 Å². The number of esters is 1. The first-order chi connectivity index (χ1) is 10.5. The van der Waals surface area contributed by atoms with Gasteiger partial charge in [-0.2, -0.15) is 0 Å². The molecule has 1 aromatic rings. The van der Waals surface area contributed by atoms with E-state index in [4.69, 9.17) is 0 Å². The smallest absolute Gasteiger partial charge is 0.309 e. The first-order valence-corrected chi connectivity index (χ1v) is 7.82. The molecule has 22 heavy (non-hydrogen) atoms. The van der Waals surface area contributed by atoms with Crippen LogP contribution in [0, 0.1) is 0 Å². The van der Waals surface area contributed by atoms with Crippen molar-refractivity contribution >= 4 is 17.7 Å². The molecule has 3 rings (SSSR count). The monoisotopic (exact) mass is 300 g/mol. The number of hydrogen-bond acceptors (Lipinski definition) is 4. The van der Waals surface area contributed by atoms with Crippen LogP contribution in [0.3, 0.4) is 0 Å². The molecule has 0 aromatic heterocycles. The molecule has 1 spiro atoms. The van der Waals surface area contributed by atoms with Gasteiger partial charge in [-0.05, 0) is 43.3 Å². The summed E-state index contributed by atoms with van der Waals surface area (Å²) in [6, 6.07) is 6.63. The third-order valence-corrected chi connectivity index (χ3v) is 4.91. The predicted molar refractivity (Wildman–Crippen MR) is 89.2 cm³/mol. The van der Waals surface area contributed by atoms with Crippen molar-refractivity contribution in [3.05, 3.63) is 35.4 Å². The number of methoxy groups -OCH3 is 1. The van der Waals surface area contributed by atoms with Gasteiger partial charge in [-0.1, -0.05) is 18.2 Å². The van der Waals surface area contributed by atoms with Crippen LogP contribution in [-0.2, 0) is 14.9 Å². The van der Waals surface area contributed by atoms with Crippen molar-refractivity contribution < 1.29 is 9.53 Å². The maximum absolute atomic E-state index is 11.2. The minimum atomic E-state index is -0.203. The number of carbonyl (C=O) groups is 1. The van der Waals surface area contributed by atoms with E-state index in [9.17, 15) is 4.79 Å². The molecule has 1 fully saturated rings. The van der Waals surface area contributed by atoms with E-state index in [1.165, 1.54) is 24.8 Å². The normalized spacial score (nSPS) is 24.4. The van der Waals surface area contributed by atoms with Gasteiger partial charge in [0.05, 0.1) is 13.5 Å². The maximum Gasteiger partial charge on any atom is 0.309 e. The zero-order valence-electron chi connectivity index (χ0n) is 13.6. The van der Waals surface area contributed by atoms with Crippen molar-refractivity contribution in [2.75, 3.05) is 45.7 Å². The second-order valence-corrected chi connectivity index (χ2v) is 6.58. The minimum absolute atomic E-state index is 0.203. The highest BCUT2D eigenvalue weighted by Gasteiger charge is 2.45. The van der Waals surface area contributed by atoms with Crippen molar-refractivity contribution in [2.24, 2.45) is 0 Å². The average Bonchev–Trinajstić information content (AvgIpc) is 3.00. The number of anilines is 1. The quantitative estimate of drug-likeness (QED) is 0.802. The van der Waals surface area contributed by atoms with E-state index >= 15 is 0 Å². The summed E-state index contributed by atoms with van der Waals surface area (Å²) in [5.74, 6) is -0.203. The highest BCUT2D eigenvalue weighted by atomic mass is 16.5. The number of benzene rings is 1. The molecular formula is C18H24N2O2. The molecule has 118 valence electrons. The van der Waals surface area contributed by atoms with Gasteiger partial charge in [0.2, 0.25) is 0 Å². The fourth-order valence-electron chi connectivity index (χ4n) is 3.84. The Labute approximate surface area is 132 Å². The molecule has 2 aliphatic heterocycles. The lowest BCUT2D eigenvalue weighted by Gasteiger charge is -2.24. The van der Waals surface area contributed by atoms with Gasteiger partial charge in [-0.15, -0.1) is 0 Å². The van der Waals surface area contributed by atoms with Gasteiger partial charge in [0.15, 0.2) is 0 Å². The van der Waals surface area contributed by atoms with E-state index in [0.717, 1.165) is 25.2 Å². The lowest BCUT2D eigenvalue weighted by atomic mass is 9.81. The zero-order valence-corrected chi connectivity index (χ0v) is 13.6. The molecular weight excluding hydrogens is 276 g/mol. The number of rotatable bonds is 3. The van der Waals surface area contributed by atoms with Crippen LogP contribution in [0.4, 0.5) is 5.69 Å². The van der Waals surface area contributed by atoms with Crippen molar-refractivity contribution in [1.82, 2.24) is 4.90 Å². The van der Waals surface area contributed by atoms with E-state index in [0.29, 0.717) is 6.42 Å². The van der Waals surface area contributed by atoms with Gasteiger partial charge in [-0.3, -0.25) is 4.79 Å². The minimum Gasteiger partial charge on any atom is -0.469 e. The molecule has 0 amide bonds. The van der Waals surface area contributed by atoms with Crippen molar-refractivity contribution in [3.8, 4) is 0 Å². The molecule has 4 heteroatoms. The fourth-order valence-corrected chi connectivity index (χ4v) is 3.84. The molecule has 1 atom stereocenters. The van der Waals surface area contributed by atoms with Crippen LogP contribution in [0.5, 0.6) is 0 Å². The number of carbonyl (C=O) groups excluding carboxylic acids is 1. The molecule has 0 radical (unpaired) electrons. The zero-order chi connectivity index (χ0) is 15.7. The summed E-state index contributed by atoms with van der Waals surface area (Å²) in [6.07, 6.45) is 5.43. The molecule has 4 nitrogen and oxygen atoms in total. The van der Waals surface area contributed by atoms with Crippen LogP contribution in [-0.4, -0.2) is 51.7 Å². The van der Waals surface area contributed by atoms with Crippen LogP contribution in [0.1, 0.15) is 24.0 Å². The Hall–Kier alpha value is -1.81. The third-order valence-electron chi connectivity index (χ3n) is 4.91. The Bertz CT molecular complexity index is 611. The second kappa shape index (κ2) is 5.76. The molecule has 1 unspecified atom stereocenters. The van der Waals surface area contributed by atoms with Gasteiger partial charge in [0.1, 0.15) is 0 Å². The van der Waals surface area contributed by atoms with E-state index in [1.807, 2.05) is 12.2 Å². The van der Waals surface area contributed by atoms with Crippen LogP contribution in [0.15, 0.2) is 24.3 Å². The molecule has 0 aliphatic carbocycles. The van der Waals surface area contributed by atoms with Crippen LogP contribution in [0.2, 0.25) is 0 Å². The van der Waals surface area contributed by atoms with E-state index in [1.54, 1.807) is 0 Å². The Morgan fingerprint density at radius 3 is 2.86 bits per heavy atom. The highest BCUT2D eigenvalue weighted by Crippen LogP contribution is 2.45. The number of ether oxygens (including phenoxy) is 1. The summed E-state index contributed by atoms with van der Waals surface area (Å²) in [6.45, 7) is 3.39. The van der Waals surface area contributed by atoms with E-state index in [-0.39, 0.29) is 11.4 Å². The van der Waals surface area contributed by atoms with Gasteiger partial charge >= 0.3 is 5.97 Å². The number of fused-ring (bicyclic) bond motifs is 2. The summed E-state index contributed by atoms with van der Waals surface area (Å²) < 4.78 is 4.66. The second-order valence-electron chi connectivity index (χ2n) is 6.58. The topological polar surface area (TPSA) is 32.8 Å².